The fraction of sp³-hybridized carbons (Fsp3) is 0.182. The van der Waals surface area contributed by atoms with Crippen LogP contribution in [0, 0.1) is 5.82 Å². The Balaban J connectivity index is 2.11. The molecule has 0 amide bonds. The number of pyridine rings is 1. The summed E-state index contributed by atoms with van der Waals surface area (Å²) in [5.74, 6) is -0.300. The Morgan fingerprint density at radius 2 is 2.33 bits per heavy atom. The van der Waals surface area contributed by atoms with Gasteiger partial charge in [0.05, 0.1) is 12.2 Å². The van der Waals surface area contributed by atoms with Gasteiger partial charge in [0.25, 0.3) is 0 Å². The molecule has 0 saturated heterocycles. The first-order chi connectivity index (χ1) is 7.25. The van der Waals surface area contributed by atoms with Crippen molar-refractivity contribution in [2.24, 2.45) is 0 Å². The van der Waals surface area contributed by atoms with Gasteiger partial charge in [-0.15, -0.1) is 0 Å². The number of thiophene rings is 1. The number of nitrogens with one attached hydrogen (secondary N) is 1. The van der Waals surface area contributed by atoms with Gasteiger partial charge in [-0.25, -0.2) is 4.39 Å². The maximum atomic E-state index is 12.9. The predicted octanol–water partition coefficient (Wildman–Crippen LogP) is 3.46. The molecule has 0 radical (unpaired) electrons. The van der Waals surface area contributed by atoms with Crippen LogP contribution in [0.2, 0.25) is 0 Å². The zero-order valence-electron chi connectivity index (χ0n) is 8.27. The van der Waals surface area contributed by atoms with Crippen molar-refractivity contribution in [1.29, 1.82) is 0 Å². The molecule has 78 valence electrons. The molecule has 0 aliphatic heterocycles. The summed E-state index contributed by atoms with van der Waals surface area (Å²) in [5.41, 5.74) is 1.90. The minimum Gasteiger partial charge on any atom is -0.378 e. The summed E-state index contributed by atoms with van der Waals surface area (Å²) in [4.78, 5) is 3.82. The molecule has 2 nitrogen and oxygen atoms in total. The second-order valence-corrected chi connectivity index (χ2v) is 4.09. The highest BCUT2D eigenvalue weighted by atomic mass is 32.1. The molecular formula is C11H11FN2S. The van der Waals surface area contributed by atoms with Crippen molar-refractivity contribution in [3.05, 3.63) is 46.7 Å². The topological polar surface area (TPSA) is 24.9 Å². The van der Waals surface area contributed by atoms with Gasteiger partial charge >= 0.3 is 0 Å². The first-order valence-electron chi connectivity index (χ1n) is 4.65. The second kappa shape index (κ2) is 4.40. The Hall–Kier alpha value is -1.42. The molecule has 0 bridgehead atoms. The highest BCUT2D eigenvalue weighted by molar-refractivity contribution is 7.08. The van der Waals surface area contributed by atoms with Gasteiger partial charge in [-0.05, 0) is 30.0 Å². The summed E-state index contributed by atoms with van der Waals surface area (Å²) in [5, 5.41) is 7.29. The van der Waals surface area contributed by atoms with E-state index >= 15 is 0 Å². The van der Waals surface area contributed by atoms with Crippen molar-refractivity contribution in [2.75, 3.05) is 5.32 Å². The Labute approximate surface area is 91.8 Å². The van der Waals surface area contributed by atoms with E-state index in [4.69, 9.17) is 0 Å². The van der Waals surface area contributed by atoms with Crippen LogP contribution in [0.4, 0.5) is 10.1 Å². The van der Waals surface area contributed by atoms with Crippen molar-refractivity contribution in [1.82, 2.24) is 4.98 Å². The largest absolute Gasteiger partial charge is 0.378 e. The fourth-order valence-electron chi connectivity index (χ4n) is 1.35. The first kappa shape index (κ1) is 10.1. The smallest absolute Gasteiger partial charge is 0.141 e. The Bertz CT molecular complexity index is 428. The maximum absolute atomic E-state index is 12.9. The van der Waals surface area contributed by atoms with Gasteiger partial charge < -0.3 is 5.32 Å². The zero-order chi connectivity index (χ0) is 10.7. The number of aromatic nitrogens is 1. The van der Waals surface area contributed by atoms with E-state index in [1.807, 2.05) is 23.8 Å². The van der Waals surface area contributed by atoms with Crippen LogP contribution < -0.4 is 5.32 Å². The standard InChI is InChI=1S/C11H11FN2S/c1-8(14-11-2-3-15-7-11)9-4-10(12)6-13-5-9/h2-8,14H,1H3. The third-order valence-electron chi connectivity index (χ3n) is 2.13. The van der Waals surface area contributed by atoms with E-state index in [9.17, 15) is 4.39 Å². The molecule has 0 spiro atoms. The summed E-state index contributed by atoms with van der Waals surface area (Å²) in [7, 11) is 0. The average Bonchev–Trinajstić information content (AvgIpc) is 2.70. The van der Waals surface area contributed by atoms with Gasteiger partial charge in [-0.3, -0.25) is 4.98 Å². The quantitative estimate of drug-likeness (QED) is 0.860. The molecule has 0 aromatic carbocycles. The molecule has 2 rings (SSSR count). The van der Waals surface area contributed by atoms with E-state index in [1.54, 1.807) is 17.5 Å². The first-order valence-corrected chi connectivity index (χ1v) is 5.59. The molecular weight excluding hydrogens is 211 g/mol. The van der Waals surface area contributed by atoms with Crippen LogP contribution in [-0.4, -0.2) is 4.98 Å². The number of hydrogen-bond donors (Lipinski definition) is 1. The Morgan fingerprint density at radius 1 is 1.47 bits per heavy atom. The number of hydrogen-bond acceptors (Lipinski definition) is 3. The minimum atomic E-state index is -0.300. The molecule has 2 aromatic rings. The Morgan fingerprint density at radius 3 is 3.00 bits per heavy atom. The zero-order valence-corrected chi connectivity index (χ0v) is 9.09. The normalized spacial score (nSPS) is 12.4. The molecule has 2 aromatic heterocycles. The van der Waals surface area contributed by atoms with Gasteiger partial charge in [-0.2, -0.15) is 11.3 Å². The van der Waals surface area contributed by atoms with Gasteiger partial charge in [0.1, 0.15) is 5.82 Å². The molecule has 1 N–H and O–H groups in total. The van der Waals surface area contributed by atoms with Gasteiger partial charge in [0, 0.05) is 17.3 Å². The molecule has 0 aliphatic rings. The van der Waals surface area contributed by atoms with Gasteiger partial charge in [0.15, 0.2) is 0 Å². The van der Waals surface area contributed by atoms with Crippen molar-refractivity contribution in [3.63, 3.8) is 0 Å². The van der Waals surface area contributed by atoms with Crippen LogP contribution >= 0.6 is 11.3 Å². The molecule has 2 heterocycles. The molecule has 0 aliphatic carbocycles. The summed E-state index contributed by atoms with van der Waals surface area (Å²) < 4.78 is 12.9. The highest BCUT2D eigenvalue weighted by Crippen LogP contribution is 2.20. The van der Waals surface area contributed by atoms with Gasteiger partial charge in [0.2, 0.25) is 0 Å². The van der Waals surface area contributed by atoms with Gasteiger partial charge in [-0.1, -0.05) is 0 Å². The molecule has 0 fully saturated rings. The van der Waals surface area contributed by atoms with E-state index in [-0.39, 0.29) is 11.9 Å². The van der Waals surface area contributed by atoms with E-state index < -0.39 is 0 Å². The van der Waals surface area contributed by atoms with Crippen molar-refractivity contribution in [3.8, 4) is 0 Å². The molecule has 15 heavy (non-hydrogen) atoms. The van der Waals surface area contributed by atoms with Crippen molar-refractivity contribution >= 4 is 17.0 Å². The van der Waals surface area contributed by atoms with Crippen molar-refractivity contribution < 1.29 is 4.39 Å². The second-order valence-electron chi connectivity index (χ2n) is 3.31. The van der Waals surface area contributed by atoms with Crippen LogP contribution in [0.5, 0.6) is 0 Å². The van der Waals surface area contributed by atoms with Crippen LogP contribution in [0.1, 0.15) is 18.5 Å². The van der Waals surface area contributed by atoms with E-state index in [2.05, 4.69) is 10.3 Å². The summed E-state index contributed by atoms with van der Waals surface area (Å²) in [6.07, 6.45) is 2.88. The monoisotopic (exact) mass is 222 g/mol. The van der Waals surface area contributed by atoms with E-state index in [0.717, 1.165) is 11.3 Å². The van der Waals surface area contributed by atoms with E-state index in [0.29, 0.717) is 0 Å². The lowest BCUT2D eigenvalue weighted by atomic mass is 10.1. The Kier molecular flexibility index (Phi) is 2.97. The van der Waals surface area contributed by atoms with Crippen molar-refractivity contribution in [2.45, 2.75) is 13.0 Å². The number of halogens is 1. The number of rotatable bonds is 3. The number of nitrogens with zero attached hydrogens (tertiary/aromatic N) is 1. The summed E-state index contributed by atoms with van der Waals surface area (Å²) >= 11 is 1.63. The minimum absolute atomic E-state index is 0.0581. The van der Waals surface area contributed by atoms with E-state index in [1.165, 1.54) is 12.3 Å². The SMILES string of the molecule is CC(Nc1ccsc1)c1cncc(F)c1. The molecule has 4 heteroatoms. The summed E-state index contributed by atoms with van der Waals surface area (Å²) in [6, 6.07) is 3.55. The maximum Gasteiger partial charge on any atom is 0.141 e. The third-order valence-corrected chi connectivity index (χ3v) is 2.81. The van der Waals surface area contributed by atoms with Crippen LogP contribution in [0.15, 0.2) is 35.3 Å². The molecule has 1 atom stereocenters. The third kappa shape index (κ3) is 2.53. The fourth-order valence-corrected chi connectivity index (χ4v) is 1.94. The lowest BCUT2D eigenvalue weighted by molar-refractivity contribution is 0.616. The van der Waals surface area contributed by atoms with Crippen LogP contribution in [0.25, 0.3) is 0 Å². The summed E-state index contributed by atoms with van der Waals surface area (Å²) in [6.45, 7) is 1.98. The predicted molar refractivity (Wildman–Crippen MR) is 60.6 cm³/mol. The lowest BCUT2D eigenvalue weighted by Crippen LogP contribution is -2.06. The average molecular weight is 222 g/mol. The molecule has 0 saturated carbocycles. The van der Waals surface area contributed by atoms with Crippen LogP contribution in [-0.2, 0) is 0 Å². The lowest BCUT2D eigenvalue weighted by Gasteiger charge is -2.13. The number of anilines is 1. The molecule has 1 unspecified atom stereocenters. The van der Waals surface area contributed by atoms with Crippen LogP contribution in [0.3, 0.4) is 0 Å². The highest BCUT2D eigenvalue weighted by Gasteiger charge is 2.06.